The Kier molecular flexibility index (Phi) is 16.9. The van der Waals surface area contributed by atoms with E-state index in [1.54, 1.807) is 12.1 Å². The van der Waals surface area contributed by atoms with Crippen molar-refractivity contribution < 1.29 is 17.5 Å². The standard InChI is InChI=1S/C17H37BrN.C7H8O3S/c1-4-7-10-12-16-19(17-13-18,14-9-6-3)15-11-8-5-2;1-6-2-4-7(5-3-6)11(8,9)10/h4-17H2,1-3H3;2-5H,1H3,(H,8,9,10)/q+1;/p-1. The Morgan fingerprint density at radius 2 is 1.23 bits per heavy atom. The van der Waals surface area contributed by atoms with E-state index in [1.165, 1.54) is 101 Å². The molecule has 176 valence electrons. The molecule has 0 radical (unpaired) electrons. The first-order valence-electron chi connectivity index (χ1n) is 11.7. The van der Waals surface area contributed by atoms with E-state index in [0.29, 0.717) is 0 Å². The fraction of sp³-hybridized carbons (Fsp3) is 0.750. The Bertz CT molecular complexity index is 634. The van der Waals surface area contributed by atoms with Crippen LogP contribution in [0.4, 0.5) is 0 Å². The van der Waals surface area contributed by atoms with E-state index in [9.17, 15) is 13.0 Å². The summed E-state index contributed by atoms with van der Waals surface area (Å²) in [6.45, 7) is 14.3. The second-order valence-corrected chi connectivity index (χ2v) is 10.5. The zero-order chi connectivity index (χ0) is 22.9. The fourth-order valence-electron chi connectivity index (χ4n) is 3.62. The molecule has 0 aliphatic rings. The van der Waals surface area contributed by atoms with Gasteiger partial charge in [-0.3, -0.25) is 0 Å². The number of rotatable bonds is 15. The van der Waals surface area contributed by atoms with Crippen molar-refractivity contribution >= 4 is 26.0 Å². The van der Waals surface area contributed by atoms with Crippen molar-refractivity contribution in [1.82, 2.24) is 0 Å². The van der Waals surface area contributed by atoms with E-state index >= 15 is 0 Å². The van der Waals surface area contributed by atoms with Gasteiger partial charge in [0, 0.05) is 0 Å². The molecule has 1 aromatic rings. The highest BCUT2D eigenvalue weighted by Gasteiger charge is 2.24. The van der Waals surface area contributed by atoms with E-state index in [0.717, 1.165) is 10.9 Å². The third-order valence-corrected chi connectivity index (χ3v) is 6.78. The van der Waals surface area contributed by atoms with Crippen molar-refractivity contribution in [3.8, 4) is 0 Å². The van der Waals surface area contributed by atoms with Crippen LogP contribution in [0.3, 0.4) is 0 Å². The van der Waals surface area contributed by atoms with Crippen LogP contribution in [0, 0.1) is 6.92 Å². The molecule has 0 heterocycles. The third kappa shape index (κ3) is 13.8. The molecule has 0 N–H and O–H groups in total. The van der Waals surface area contributed by atoms with Crippen LogP contribution in [0.25, 0.3) is 0 Å². The van der Waals surface area contributed by atoms with Gasteiger partial charge in [-0.05, 0) is 51.2 Å². The maximum Gasteiger partial charge on any atom is 0.124 e. The van der Waals surface area contributed by atoms with Crippen molar-refractivity contribution in [2.24, 2.45) is 0 Å². The van der Waals surface area contributed by atoms with Crippen LogP contribution in [-0.2, 0) is 10.1 Å². The van der Waals surface area contributed by atoms with Crippen molar-refractivity contribution in [1.29, 1.82) is 0 Å². The van der Waals surface area contributed by atoms with Gasteiger partial charge in [0.1, 0.15) is 10.1 Å². The zero-order valence-corrected chi connectivity index (χ0v) is 22.1. The van der Waals surface area contributed by atoms with E-state index in [2.05, 4.69) is 36.7 Å². The number of nitrogens with zero attached hydrogens (tertiary/aromatic N) is 1. The molecular weight excluding hydrogens is 462 g/mol. The van der Waals surface area contributed by atoms with Gasteiger partial charge in [0.25, 0.3) is 0 Å². The van der Waals surface area contributed by atoms with Gasteiger partial charge in [-0.2, -0.15) is 0 Å². The molecule has 0 bridgehead atoms. The first-order valence-corrected chi connectivity index (χ1v) is 14.2. The lowest BCUT2D eigenvalue weighted by Crippen LogP contribution is -2.51. The molecule has 4 nitrogen and oxygen atoms in total. The van der Waals surface area contributed by atoms with Gasteiger partial charge in [-0.25, -0.2) is 8.42 Å². The number of quaternary nitrogens is 1. The molecule has 0 aromatic heterocycles. The highest BCUT2D eigenvalue weighted by molar-refractivity contribution is 9.09. The minimum atomic E-state index is -4.27. The summed E-state index contributed by atoms with van der Waals surface area (Å²) in [7, 11) is -4.27. The monoisotopic (exact) mass is 505 g/mol. The Hall–Kier alpha value is -0.430. The molecule has 0 amide bonds. The summed E-state index contributed by atoms with van der Waals surface area (Å²) in [4.78, 5) is -0.178. The quantitative estimate of drug-likeness (QED) is 0.116. The molecule has 1 atom stereocenters. The van der Waals surface area contributed by atoms with Gasteiger partial charge in [-0.1, -0.05) is 80.1 Å². The number of hydrogen-bond acceptors (Lipinski definition) is 3. The molecule has 1 unspecified atom stereocenters. The van der Waals surface area contributed by atoms with E-state index < -0.39 is 10.1 Å². The smallest absolute Gasteiger partial charge is 0.124 e. The van der Waals surface area contributed by atoms with Crippen LogP contribution in [0.15, 0.2) is 29.2 Å². The highest BCUT2D eigenvalue weighted by Crippen LogP contribution is 2.17. The van der Waals surface area contributed by atoms with Crippen LogP contribution < -0.4 is 0 Å². The third-order valence-electron chi connectivity index (χ3n) is 5.58. The zero-order valence-electron chi connectivity index (χ0n) is 19.7. The first kappa shape index (κ1) is 29.6. The van der Waals surface area contributed by atoms with Gasteiger partial charge in [0.15, 0.2) is 0 Å². The van der Waals surface area contributed by atoms with E-state index in [-0.39, 0.29) is 4.90 Å². The lowest BCUT2D eigenvalue weighted by molar-refractivity contribution is -0.926. The van der Waals surface area contributed by atoms with Crippen LogP contribution in [0.1, 0.15) is 84.1 Å². The fourth-order valence-corrected chi connectivity index (χ4v) is 4.84. The molecule has 6 heteroatoms. The largest absolute Gasteiger partial charge is 0.744 e. The first-order chi connectivity index (χ1) is 14.2. The summed E-state index contributed by atoms with van der Waals surface area (Å²) in [5, 5.41) is 1.16. The summed E-state index contributed by atoms with van der Waals surface area (Å²) >= 11 is 3.69. The Labute approximate surface area is 194 Å². The second kappa shape index (κ2) is 17.2. The van der Waals surface area contributed by atoms with Crippen LogP contribution in [0.2, 0.25) is 0 Å². The molecule has 30 heavy (non-hydrogen) atoms. The molecule has 0 spiro atoms. The number of hydrogen-bond donors (Lipinski definition) is 0. The number of halogens is 1. The Morgan fingerprint density at radius 3 is 1.70 bits per heavy atom. The summed E-state index contributed by atoms with van der Waals surface area (Å²) in [6, 6.07) is 5.78. The van der Waals surface area contributed by atoms with Crippen LogP contribution >= 0.6 is 15.9 Å². The lowest BCUT2D eigenvalue weighted by atomic mass is 10.1. The normalized spacial score (nSPS) is 13.4. The topological polar surface area (TPSA) is 57.2 Å². The molecule has 0 aliphatic carbocycles. The van der Waals surface area contributed by atoms with Crippen molar-refractivity contribution in [2.75, 3.05) is 31.5 Å². The van der Waals surface area contributed by atoms with Crippen LogP contribution in [0.5, 0.6) is 0 Å². The lowest BCUT2D eigenvalue weighted by Gasteiger charge is -2.39. The van der Waals surface area contributed by atoms with Crippen LogP contribution in [-0.4, -0.2) is 49.0 Å². The minimum Gasteiger partial charge on any atom is -0.744 e. The predicted molar refractivity (Wildman–Crippen MR) is 131 cm³/mol. The van der Waals surface area contributed by atoms with Gasteiger partial charge < -0.3 is 9.04 Å². The highest BCUT2D eigenvalue weighted by atomic mass is 79.9. The van der Waals surface area contributed by atoms with E-state index in [4.69, 9.17) is 0 Å². The maximum absolute atomic E-state index is 10.4. The average molecular weight is 507 g/mol. The van der Waals surface area contributed by atoms with Crippen molar-refractivity contribution in [3.05, 3.63) is 29.8 Å². The maximum atomic E-state index is 10.4. The van der Waals surface area contributed by atoms with Gasteiger partial charge in [-0.15, -0.1) is 0 Å². The number of alkyl halides is 1. The number of aryl methyl sites for hydroxylation is 1. The van der Waals surface area contributed by atoms with Crippen molar-refractivity contribution in [3.63, 3.8) is 0 Å². The second-order valence-electron chi connectivity index (χ2n) is 8.31. The molecule has 0 saturated carbocycles. The molecule has 0 fully saturated rings. The molecule has 1 rings (SSSR count). The number of unbranched alkanes of at least 4 members (excludes halogenated alkanes) is 6. The summed E-state index contributed by atoms with van der Waals surface area (Å²) < 4.78 is 32.5. The minimum absolute atomic E-state index is 0.178. The van der Waals surface area contributed by atoms with Crippen molar-refractivity contribution in [2.45, 2.75) is 90.4 Å². The van der Waals surface area contributed by atoms with E-state index in [1.807, 2.05) is 6.92 Å². The number of benzene rings is 1. The average Bonchev–Trinajstić information content (AvgIpc) is 2.70. The van der Waals surface area contributed by atoms with Gasteiger partial charge in [0.2, 0.25) is 0 Å². The molecular formula is C24H44BrNO3S. The van der Waals surface area contributed by atoms with Gasteiger partial charge in [0.05, 0.1) is 36.4 Å². The summed E-state index contributed by atoms with van der Waals surface area (Å²) in [6.07, 6.45) is 12.5. The Morgan fingerprint density at radius 1 is 0.767 bits per heavy atom. The predicted octanol–water partition coefficient (Wildman–Crippen LogP) is 6.67. The molecule has 0 aliphatic heterocycles. The molecule has 0 saturated heterocycles. The summed E-state index contributed by atoms with van der Waals surface area (Å²) in [5.74, 6) is 0. The Balaban J connectivity index is 0.000000642. The SMILES string of the molecule is CCCCCC[N+](CCBr)(CCCC)CCCCC.Cc1ccc(S(=O)(=O)[O-])cc1. The molecule has 1 aromatic carbocycles. The summed E-state index contributed by atoms with van der Waals surface area (Å²) in [5.41, 5.74) is 0.928. The van der Waals surface area contributed by atoms with Gasteiger partial charge >= 0.3 is 0 Å².